The zero-order valence-electron chi connectivity index (χ0n) is 17.5. The van der Waals surface area contributed by atoms with Crippen LogP contribution in [0.2, 0.25) is 0 Å². The number of alkyl carbamates (subject to hydrolysis) is 1. The molecule has 1 aliphatic rings. The quantitative estimate of drug-likeness (QED) is 0.529. The van der Waals surface area contributed by atoms with Crippen LogP contribution in [0.25, 0.3) is 0 Å². The number of amides is 2. The van der Waals surface area contributed by atoms with E-state index < -0.39 is 33.5 Å². The zero-order valence-corrected chi connectivity index (χ0v) is 18.3. The smallest absolute Gasteiger partial charge is 0.419 e. The molecule has 0 heterocycles. The number of carbonyl (C=O) groups excluding carboxylic acids is 1. The van der Waals surface area contributed by atoms with Crippen LogP contribution in [-0.4, -0.2) is 44.5 Å². The van der Waals surface area contributed by atoms with E-state index in [0.717, 1.165) is 0 Å². The van der Waals surface area contributed by atoms with Gasteiger partial charge in [-0.2, -0.15) is 13.1 Å². The van der Waals surface area contributed by atoms with Gasteiger partial charge in [0, 0.05) is 6.04 Å². The van der Waals surface area contributed by atoms with Gasteiger partial charge in [0.1, 0.15) is 11.4 Å². The van der Waals surface area contributed by atoms with Crippen molar-refractivity contribution in [2.24, 2.45) is 0 Å². The summed E-state index contributed by atoms with van der Waals surface area (Å²) in [7, 11) is -2.82. The Kier molecular flexibility index (Phi) is 7.19. The van der Waals surface area contributed by atoms with Crippen molar-refractivity contribution in [2.45, 2.75) is 63.6 Å². The summed E-state index contributed by atoms with van der Waals surface area (Å²) in [6.45, 7) is 5.31. The van der Waals surface area contributed by atoms with Gasteiger partial charge in [-0.05, 0) is 64.2 Å². The van der Waals surface area contributed by atoms with Crippen molar-refractivity contribution in [2.75, 3.05) is 7.11 Å². The maximum Gasteiger partial charge on any atom is 0.419 e. The van der Waals surface area contributed by atoms with Crippen LogP contribution >= 0.6 is 0 Å². The molecule has 0 spiro atoms. The fourth-order valence-corrected chi connectivity index (χ4v) is 4.61. The van der Waals surface area contributed by atoms with E-state index in [9.17, 15) is 18.0 Å². The van der Waals surface area contributed by atoms with E-state index in [1.54, 1.807) is 45.0 Å². The van der Waals surface area contributed by atoms with E-state index in [1.807, 2.05) is 0 Å². The van der Waals surface area contributed by atoms with E-state index in [1.165, 1.54) is 11.8 Å². The van der Waals surface area contributed by atoms with Gasteiger partial charge in [0.2, 0.25) is 0 Å². The second kappa shape index (κ2) is 9.09. The second-order valence-electron chi connectivity index (χ2n) is 8.25. The first-order valence-corrected chi connectivity index (χ1v) is 11.0. The molecule has 0 saturated heterocycles. The minimum absolute atomic E-state index is 0.199. The Morgan fingerprint density at radius 1 is 1.20 bits per heavy atom. The van der Waals surface area contributed by atoms with Gasteiger partial charge >= 0.3 is 22.4 Å². The third kappa shape index (κ3) is 6.77. The van der Waals surface area contributed by atoms with Gasteiger partial charge in [-0.15, -0.1) is 0 Å². The average Bonchev–Trinajstić information content (AvgIpc) is 2.60. The summed E-state index contributed by atoms with van der Waals surface area (Å²) in [5.74, 6) is 0.547. The van der Waals surface area contributed by atoms with Gasteiger partial charge in [-0.25, -0.2) is 14.3 Å². The van der Waals surface area contributed by atoms with Crippen molar-refractivity contribution < 1.29 is 32.6 Å². The van der Waals surface area contributed by atoms with Crippen LogP contribution in [0, 0.1) is 0 Å². The molecule has 1 aromatic carbocycles. The molecule has 0 aliphatic heterocycles. The number of hydrogen-bond donors (Lipinski definition) is 4. The predicted octanol–water partition coefficient (Wildman–Crippen LogP) is 2.46. The molecule has 0 bridgehead atoms. The fourth-order valence-electron chi connectivity index (χ4n) is 3.50. The summed E-state index contributed by atoms with van der Waals surface area (Å²) < 4.78 is 39.2. The number of hydrogen-bond acceptors (Lipinski definition) is 6. The topological polar surface area (TPSA) is 143 Å². The van der Waals surface area contributed by atoms with Crippen LogP contribution in [0.15, 0.2) is 24.3 Å². The van der Waals surface area contributed by atoms with Crippen LogP contribution in [0.3, 0.4) is 0 Å². The maximum absolute atomic E-state index is 12.3. The minimum Gasteiger partial charge on any atom is -0.497 e. The summed E-state index contributed by atoms with van der Waals surface area (Å²) in [4.78, 5) is 22.9. The van der Waals surface area contributed by atoms with Gasteiger partial charge < -0.3 is 19.9 Å². The highest BCUT2D eigenvalue weighted by Gasteiger charge is 2.41. The highest BCUT2D eigenvalue weighted by Crippen LogP contribution is 2.39. The van der Waals surface area contributed by atoms with Crippen LogP contribution < -0.4 is 19.5 Å². The van der Waals surface area contributed by atoms with Crippen molar-refractivity contribution in [3.05, 3.63) is 29.8 Å². The van der Waals surface area contributed by atoms with Gasteiger partial charge in [0.15, 0.2) is 0 Å². The molecule has 0 aromatic heterocycles. The second-order valence-corrected chi connectivity index (χ2v) is 9.66. The molecule has 1 aromatic rings. The first-order valence-electron chi connectivity index (χ1n) is 9.53. The van der Waals surface area contributed by atoms with Crippen molar-refractivity contribution in [1.82, 2.24) is 14.8 Å². The van der Waals surface area contributed by atoms with Crippen LogP contribution in [-0.2, 0) is 20.5 Å². The van der Waals surface area contributed by atoms with Crippen molar-refractivity contribution >= 4 is 22.4 Å². The van der Waals surface area contributed by atoms with E-state index in [2.05, 4.69) is 10.0 Å². The standard InChI is InChI=1S/C19H29N3O7S/c1-18(2,3)29-17(25)20-14-8-10-19(11-9-14,22-30(26,27)21-16(23)24)13-6-5-7-15(12-13)28-4/h5-7,12,14,21-22H,8-11H2,1-4H3,(H,20,25)(H,23,24). The summed E-state index contributed by atoms with van der Waals surface area (Å²) >= 11 is 0. The number of methoxy groups -OCH3 is 1. The largest absolute Gasteiger partial charge is 0.497 e. The number of carboxylic acid groups (broad SMARTS) is 1. The van der Waals surface area contributed by atoms with Gasteiger partial charge in [-0.3, -0.25) is 0 Å². The van der Waals surface area contributed by atoms with Crippen molar-refractivity contribution in [1.29, 1.82) is 0 Å². The monoisotopic (exact) mass is 443 g/mol. The third-order valence-corrected chi connectivity index (χ3v) is 5.84. The lowest BCUT2D eigenvalue weighted by Crippen LogP contribution is -2.54. The lowest BCUT2D eigenvalue weighted by molar-refractivity contribution is 0.0481. The molecule has 11 heteroatoms. The van der Waals surface area contributed by atoms with Gasteiger partial charge in [-0.1, -0.05) is 12.1 Å². The summed E-state index contributed by atoms with van der Waals surface area (Å²) in [6.07, 6.45) is -0.612. The Morgan fingerprint density at radius 2 is 1.83 bits per heavy atom. The van der Waals surface area contributed by atoms with E-state index in [0.29, 0.717) is 37.0 Å². The Balaban J connectivity index is 2.22. The SMILES string of the molecule is COc1cccc(C2(NS(=O)(=O)NC(=O)O)CCC(NC(=O)OC(C)(C)C)CC2)c1. The zero-order chi connectivity index (χ0) is 22.6. The highest BCUT2D eigenvalue weighted by atomic mass is 32.2. The fraction of sp³-hybridized carbons (Fsp3) is 0.579. The first-order chi connectivity index (χ1) is 13.8. The lowest BCUT2D eigenvalue weighted by atomic mass is 9.75. The Morgan fingerprint density at radius 3 is 2.37 bits per heavy atom. The molecule has 2 amide bonds. The molecule has 2 rings (SSSR count). The van der Waals surface area contributed by atoms with Crippen molar-refractivity contribution in [3.63, 3.8) is 0 Å². The molecule has 1 saturated carbocycles. The predicted molar refractivity (Wildman–Crippen MR) is 110 cm³/mol. The number of benzene rings is 1. The van der Waals surface area contributed by atoms with E-state index >= 15 is 0 Å². The first kappa shape index (κ1) is 23.7. The molecule has 4 N–H and O–H groups in total. The molecule has 0 atom stereocenters. The average molecular weight is 444 g/mol. The third-order valence-electron chi connectivity index (χ3n) is 4.73. The number of ether oxygens (including phenoxy) is 2. The summed E-state index contributed by atoms with van der Waals surface area (Å²) in [5.41, 5.74) is -1.03. The minimum atomic E-state index is -4.32. The Bertz CT molecular complexity index is 872. The molecule has 0 unspecified atom stereocenters. The van der Waals surface area contributed by atoms with Crippen LogP contribution in [0.5, 0.6) is 5.75 Å². The number of rotatable bonds is 6. The number of carbonyl (C=O) groups is 2. The summed E-state index contributed by atoms with van der Waals surface area (Å²) in [6, 6.07) is 6.74. The van der Waals surface area contributed by atoms with Crippen LogP contribution in [0.1, 0.15) is 52.0 Å². The molecular weight excluding hydrogens is 414 g/mol. The van der Waals surface area contributed by atoms with Crippen LogP contribution in [0.4, 0.5) is 9.59 Å². The molecular formula is C19H29N3O7S. The van der Waals surface area contributed by atoms with E-state index in [4.69, 9.17) is 14.6 Å². The molecule has 0 radical (unpaired) electrons. The van der Waals surface area contributed by atoms with Crippen molar-refractivity contribution in [3.8, 4) is 5.75 Å². The maximum atomic E-state index is 12.3. The lowest BCUT2D eigenvalue weighted by Gasteiger charge is -2.41. The molecule has 10 nitrogen and oxygen atoms in total. The molecule has 1 fully saturated rings. The van der Waals surface area contributed by atoms with Gasteiger partial charge in [0.25, 0.3) is 0 Å². The Hall–Kier alpha value is -2.53. The highest BCUT2D eigenvalue weighted by molar-refractivity contribution is 7.88. The van der Waals surface area contributed by atoms with E-state index in [-0.39, 0.29) is 6.04 Å². The molecule has 168 valence electrons. The molecule has 1 aliphatic carbocycles. The summed E-state index contributed by atoms with van der Waals surface area (Å²) in [5, 5.41) is 11.6. The normalized spacial score (nSPS) is 22.1. The number of nitrogens with one attached hydrogen (secondary N) is 3. The molecule has 30 heavy (non-hydrogen) atoms. The Labute approximate surface area is 176 Å². The van der Waals surface area contributed by atoms with Gasteiger partial charge in [0.05, 0.1) is 12.6 Å².